The fraction of sp³-hybridized carbons (Fsp3) is 0.714. The van der Waals surface area contributed by atoms with Gasteiger partial charge in [0, 0.05) is 25.3 Å². The average molecular weight is 248 g/mol. The number of hydrogen-bond donors (Lipinski definition) is 1. The molecule has 2 atom stereocenters. The molecule has 0 saturated carbocycles. The van der Waals surface area contributed by atoms with E-state index in [4.69, 9.17) is 4.98 Å². The summed E-state index contributed by atoms with van der Waals surface area (Å²) in [6.45, 7) is 9.59. The molecule has 0 radical (unpaired) electrons. The number of hydrogen-bond acceptors (Lipinski definition) is 4. The van der Waals surface area contributed by atoms with Gasteiger partial charge in [0.1, 0.15) is 5.82 Å². The molecule has 2 heterocycles. The lowest BCUT2D eigenvalue weighted by Crippen LogP contribution is -2.43. The Hall–Kier alpha value is -1.16. The van der Waals surface area contributed by atoms with Crippen LogP contribution >= 0.6 is 0 Å². The van der Waals surface area contributed by atoms with Crippen LogP contribution in [-0.4, -0.2) is 29.1 Å². The molecule has 1 fully saturated rings. The molecule has 0 spiro atoms. The van der Waals surface area contributed by atoms with E-state index in [0.717, 1.165) is 37.1 Å². The van der Waals surface area contributed by atoms with Gasteiger partial charge in [-0.3, -0.25) is 4.98 Å². The van der Waals surface area contributed by atoms with Gasteiger partial charge in [-0.25, -0.2) is 4.98 Å². The maximum absolute atomic E-state index is 4.72. The second-order valence-corrected chi connectivity index (χ2v) is 5.20. The predicted molar refractivity (Wildman–Crippen MR) is 74.6 cm³/mol. The van der Waals surface area contributed by atoms with Gasteiger partial charge in [0.2, 0.25) is 0 Å². The number of piperidine rings is 1. The zero-order valence-corrected chi connectivity index (χ0v) is 11.7. The summed E-state index contributed by atoms with van der Waals surface area (Å²) in [5.74, 6) is 1.77. The normalized spacial score (nSPS) is 24.3. The SMILES string of the molecule is CCNCc1cncc(N2CCCC(C)C2C)n1. The molecule has 18 heavy (non-hydrogen) atoms. The molecular formula is C14H24N4. The Morgan fingerprint density at radius 1 is 1.39 bits per heavy atom. The van der Waals surface area contributed by atoms with Crippen molar-refractivity contribution in [1.82, 2.24) is 15.3 Å². The van der Waals surface area contributed by atoms with Gasteiger partial charge in [-0.2, -0.15) is 0 Å². The van der Waals surface area contributed by atoms with Gasteiger partial charge in [0.25, 0.3) is 0 Å². The third-order valence-electron chi connectivity index (χ3n) is 3.90. The van der Waals surface area contributed by atoms with Gasteiger partial charge in [-0.1, -0.05) is 13.8 Å². The standard InChI is InChI=1S/C14H24N4/c1-4-15-8-13-9-16-10-14(17-13)18-7-5-6-11(2)12(18)3/h9-12,15H,4-8H2,1-3H3. The molecule has 1 aromatic rings. The molecule has 0 bridgehead atoms. The second kappa shape index (κ2) is 6.14. The highest BCUT2D eigenvalue weighted by Crippen LogP contribution is 2.26. The lowest BCUT2D eigenvalue weighted by molar-refractivity contribution is 0.361. The van der Waals surface area contributed by atoms with E-state index in [1.165, 1.54) is 12.8 Å². The first-order chi connectivity index (χ1) is 8.72. The van der Waals surface area contributed by atoms with Gasteiger partial charge in [0.05, 0.1) is 11.9 Å². The molecule has 0 aliphatic carbocycles. The highest BCUT2D eigenvalue weighted by Gasteiger charge is 2.25. The molecule has 1 aromatic heterocycles. The summed E-state index contributed by atoms with van der Waals surface area (Å²) < 4.78 is 0. The first-order valence-electron chi connectivity index (χ1n) is 7.00. The Morgan fingerprint density at radius 2 is 2.22 bits per heavy atom. The van der Waals surface area contributed by atoms with Crippen LogP contribution in [-0.2, 0) is 6.54 Å². The summed E-state index contributed by atoms with van der Waals surface area (Å²) >= 11 is 0. The number of anilines is 1. The minimum atomic E-state index is 0.558. The van der Waals surface area contributed by atoms with Crippen LogP contribution in [0, 0.1) is 5.92 Å². The summed E-state index contributed by atoms with van der Waals surface area (Å²) in [6, 6.07) is 0.558. The van der Waals surface area contributed by atoms with Crippen LogP contribution in [0.15, 0.2) is 12.4 Å². The molecule has 1 N–H and O–H groups in total. The Bertz CT molecular complexity index is 380. The second-order valence-electron chi connectivity index (χ2n) is 5.20. The Balaban J connectivity index is 2.11. The molecule has 4 nitrogen and oxygen atoms in total. The minimum absolute atomic E-state index is 0.558. The third kappa shape index (κ3) is 2.99. The van der Waals surface area contributed by atoms with E-state index in [1.807, 2.05) is 12.4 Å². The smallest absolute Gasteiger partial charge is 0.147 e. The zero-order chi connectivity index (χ0) is 13.0. The lowest BCUT2D eigenvalue weighted by Gasteiger charge is -2.38. The maximum Gasteiger partial charge on any atom is 0.147 e. The van der Waals surface area contributed by atoms with Crippen LogP contribution in [0.3, 0.4) is 0 Å². The molecule has 0 amide bonds. The molecular weight excluding hydrogens is 224 g/mol. The fourth-order valence-corrected chi connectivity index (χ4v) is 2.53. The summed E-state index contributed by atoms with van der Waals surface area (Å²) in [5, 5.41) is 3.29. The molecule has 4 heteroatoms. The summed E-state index contributed by atoms with van der Waals surface area (Å²) in [6.07, 6.45) is 6.32. The number of nitrogens with one attached hydrogen (secondary N) is 1. The molecule has 1 aliphatic heterocycles. The van der Waals surface area contributed by atoms with E-state index < -0.39 is 0 Å². The van der Waals surface area contributed by atoms with Crippen molar-refractivity contribution in [3.63, 3.8) is 0 Å². The van der Waals surface area contributed by atoms with Crippen molar-refractivity contribution in [2.75, 3.05) is 18.0 Å². The largest absolute Gasteiger partial charge is 0.352 e. The van der Waals surface area contributed by atoms with Crippen LogP contribution in [0.2, 0.25) is 0 Å². The number of aromatic nitrogens is 2. The Labute approximate surface area is 110 Å². The monoisotopic (exact) mass is 248 g/mol. The van der Waals surface area contributed by atoms with Crippen molar-refractivity contribution in [3.05, 3.63) is 18.1 Å². The summed E-state index contributed by atoms with van der Waals surface area (Å²) in [4.78, 5) is 11.4. The first-order valence-corrected chi connectivity index (χ1v) is 7.00. The quantitative estimate of drug-likeness (QED) is 0.887. The van der Waals surface area contributed by atoms with E-state index in [1.54, 1.807) is 0 Å². The van der Waals surface area contributed by atoms with Crippen LogP contribution in [0.25, 0.3) is 0 Å². The molecule has 2 unspecified atom stereocenters. The van der Waals surface area contributed by atoms with E-state index in [0.29, 0.717) is 6.04 Å². The minimum Gasteiger partial charge on any atom is -0.352 e. The van der Waals surface area contributed by atoms with Crippen LogP contribution in [0.5, 0.6) is 0 Å². The number of rotatable bonds is 4. The van der Waals surface area contributed by atoms with Gasteiger partial charge in [0.15, 0.2) is 0 Å². The molecule has 2 rings (SSSR count). The van der Waals surface area contributed by atoms with Crippen molar-refractivity contribution in [1.29, 1.82) is 0 Å². The van der Waals surface area contributed by atoms with Gasteiger partial charge >= 0.3 is 0 Å². The third-order valence-corrected chi connectivity index (χ3v) is 3.90. The van der Waals surface area contributed by atoms with Crippen molar-refractivity contribution in [2.24, 2.45) is 5.92 Å². The van der Waals surface area contributed by atoms with Gasteiger partial charge < -0.3 is 10.2 Å². The summed E-state index contributed by atoms with van der Waals surface area (Å²) in [7, 11) is 0. The van der Waals surface area contributed by atoms with E-state index in [-0.39, 0.29) is 0 Å². The van der Waals surface area contributed by atoms with Crippen molar-refractivity contribution in [3.8, 4) is 0 Å². The zero-order valence-electron chi connectivity index (χ0n) is 11.7. The van der Waals surface area contributed by atoms with E-state index in [2.05, 4.69) is 36.0 Å². The first kappa shape index (κ1) is 13.3. The average Bonchev–Trinajstić information content (AvgIpc) is 2.40. The highest BCUT2D eigenvalue weighted by molar-refractivity contribution is 5.38. The maximum atomic E-state index is 4.72. The van der Waals surface area contributed by atoms with Crippen molar-refractivity contribution in [2.45, 2.75) is 46.2 Å². The Morgan fingerprint density at radius 3 is 3.00 bits per heavy atom. The number of nitrogens with zero attached hydrogens (tertiary/aromatic N) is 3. The van der Waals surface area contributed by atoms with Gasteiger partial charge in [-0.15, -0.1) is 0 Å². The van der Waals surface area contributed by atoms with Crippen LogP contribution < -0.4 is 10.2 Å². The van der Waals surface area contributed by atoms with Crippen LogP contribution in [0.4, 0.5) is 5.82 Å². The Kier molecular flexibility index (Phi) is 4.53. The van der Waals surface area contributed by atoms with E-state index >= 15 is 0 Å². The van der Waals surface area contributed by atoms with Crippen molar-refractivity contribution < 1.29 is 0 Å². The topological polar surface area (TPSA) is 41.1 Å². The van der Waals surface area contributed by atoms with Crippen molar-refractivity contribution >= 4 is 5.82 Å². The predicted octanol–water partition coefficient (Wildman–Crippen LogP) is 2.21. The lowest BCUT2D eigenvalue weighted by atomic mass is 9.92. The molecule has 1 aliphatic rings. The summed E-state index contributed by atoms with van der Waals surface area (Å²) in [5.41, 5.74) is 1.03. The van der Waals surface area contributed by atoms with Gasteiger partial charge in [-0.05, 0) is 32.2 Å². The molecule has 0 aromatic carbocycles. The van der Waals surface area contributed by atoms with E-state index in [9.17, 15) is 0 Å². The fourth-order valence-electron chi connectivity index (χ4n) is 2.53. The molecule has 100 valence electrons. The molecule has 1 saturated heterocycles. The van der Waals surface area contributed by atoms with Crippen LogP contribution in [0.1, 0.15) is 39.3 Å². The highest BCUT2D eigenvalue weighted by atomic mass is 15.2.